The van der Waals surface area contributed by atoms with Gasteiger partial charge in [-0.2, -0.15) is 0 Å². The number of carbonyl (C=O) groups is 1. The first kappa shape index (κ1) is 14.8. The van der Waals surface area contributed by atoms with Crippen LogP contribution >= 0.6 is 0 Å². The van der Waals surface area contributed by atoms with Crippen molar-refractivity contribution in [3.05, 3.63) is 0 Å². The third kappa shape index (κ3) is 1.38. The molecule has 5 fully saturated rings. The molecule has 7 nitrogen and oxygen atoms in total. The summed E-state index contributed by atoms with van der Waals surface area (Å²) in [7, 11) is 0. The van der Waals surface area contributed by atoms with Crippen LogP contribution in [0.25, 0.3) is 0 Å². The molecule has 0 aromatic carbocycles. The van der Waals surface area contributed by atoms with Gasteiger partial charge in [0.1, 0.15) is 11.2 Å². The Morgan fingerprint density at radius 1 is 1.09 bits per heavy atom. The maximum atomic E-state index is 12.2. The minimum atomic E-state index is -1.62. The second kappa shape index (κ2) is 4.02. The fraction of sp³-hybridized carbons (Fsp3) is 0.933. The van der Waals surface area contributed by atoms with Crippen LogP contribution in [0.2, 0.25) is 0 Å². The molecule has 4 heterocycles. The predicted octanol–water partition coefficient (Wildman–Crippen LogP) is 0.625. The Morgan fingerprint density at radius 2 is 1.82 bits per heavy atom. The van der Waals surface area contributed by atoms with Crippen LogP contribution in [0.5, 0.6) is 0 Å². The summed E-state index contributed by atoms with van der Waals surface area (Å²) in [5.41, 5.74) is -4.62. The molecular weight excluding hydrogens is 292 g/mol. The van der Waals surface area contributed by atoms with E-state index in [4.69, 9.17) is 19.2 Å². The first-order valence-electron chi connectivity index (χ1n) is 7.88. The first-order valence-corrected chi connectivity index (χ1v) is 7.88. The molecule has 5 rings (SSSR count). The fourth-order valence-corrected chi connectivity index (χ4v) is 4.67. The van der Waals surface area contributed by atoms with Gasteiger partial charge in [-0.1, -0.05) is 6.92 Å². The Labute approximate surface area is 128 Å². The third-order valence-electron chi connectivity index (χ3n) is 6.35. The fourth-order valence-electron chi connectivity index (χ4n) is 4.67. The molecule has 2 bridgehead atoms. The lowest BCUT2D eigenvalue weighted by Gasteiger charge is -2.64. The summed E-state index contributed by atoms with van der Waals surface area (Å²) >= 11 is 0. The molecule has 0 aromatic heterocycles. The van der Waals surface area contributed by atoms with Gasteiger partial charge in [0, 0.05) is 6.42 Å². The molecule has 7 atom stereocenters. The van der Waals surface area contributed by atoms with E-state index < -0.39 is 40.8 Å². The van der Waals surface area contributed by atoms with Crippen molar-refractivity contribution >= 4 is 5.97 Å². The van der Waals surface area contributed by atoms with Gasteiger partial charge in [0.15, 0.2) is 0 Å². The van der Waals surface area contributed by atoms with Crippen molar-refractivity contribution in [3.8, 4) is 0 Å². The van der Waals surface area contributed by atoms with Gasteiger partial charge in [0.25, 0.3) is 0 Å². The van der Waals surface area contributed by atoms with Gasteiger partial charge in [-0.25, -0.2) is 9.78 Å². The van der Waals surface area contributed by atoms with E-state index in [1.807, 2.05) is 6.92 Å². The number of hydrogen-bond donors (Lipinski definition) is 2. The molecular formula is C15H22O7. The van der Waals surface area contributed by atoms with Crippen molar-refractivity contribution in [2.24, 2.45) is 11.8 Å². The average Bonchev–Trinajstić information content (AvgIpc) is 2.65. The summed E-state index contributed by atoms with van der Waals surface area (Å²) in [5, 5.41) is 22.8. The zero-order valence-corrected chi connectivity index (χ0v) is 13.0. The number of ether oxygens (including phenoxy) is 2. The minimum Gasteiger partial charge on any atom is -0.432 e. The van der Waals surface area contributed by atoms with Gasteiger partial charge < -0.3 is 19.7 Å². The minimum absolute atomic E-state index is 0.146. The van der Waals surface area contributed by atoms with Crippen molar-refractivity contribution in [2.45, 2.75) is 75.3 Å². The number of rotatable bonds is 0. The third-order valence-corrected chi connectivity index (χ3v) is 6.35. The zero-order valence-electron chi connectivity index (χ0n) is 13.0. The highest BCUT2D eigenvalue weighted by Gasteiger charge is 2.81. The average molecular weight is 314 g/mol. The van der Waals surface area contributed by atoms with E-state index in [2.05, 4.69) is 0 Å². The molecule has 4 aliphatic heterocycles. The lowest BCUT2D eigenvalue weighted by molar-refractivity contribution is -0.580. The number of aliphatic hydroxyl groups is 2. The molecule has 0 aromatic rings. The van der Waals surface area contributed by atoms with Gasteiger partial charge in [0.05, 0.1) is 5.92 Å². The molecule has 124 valence electrons. The highest BCUT2D eigenvalue weighted by Crippen LogP contribution is 2.63. The second-order valence-corrected chi connectivity index (χ2v) is 7.43. The molecule has 2 unspecified atom stereocenters. The number of esters is 1. The topological polar surface area (TPSA) is 94.5 Å². The monoisotopic (exact) mass is 314 g/mol. The van der Waals surface area contributed by atoms with Crippen molar-refractivity contribution in [1.82, 2.24) is 0 Å². The van der Waals surface area contributed by atoms with Gasteiger partial charge in [-0.3, -0.25) is 4.79 Å². The smallest absolute Gasteiger partial charge is 0.314 e. The maximum Gasteiger partial charge on any atom is 0.314 e. The molecule has 4 saturated heterocycles. The Morgan fingerprint density at radius 3 is 2.55 bits per heavy atom. The second-order valence-electron chi connectivity index (χ2n) is 7.43. The van der Waals surface area contributed by atoms with Gasteiger partial charge in [-0.15, -0.1) is 0 Å². The standard InChI is InChI=1S/C15H22O7/c1-8-4-5-14(18)9(2)10(16)19-11-15(14)13(8,17)7-6-12(3,20-11)21-22-15/h8-9,11,17-18H,4-7H2,1-3H3/t8-,9?,11?,12-,13-,14-,15-/m1/s1. The molecule has 22 heavy (non-hydrogen) atoms. The van der Waals surface area contributed by atoms with E-state index in [-0.39, 0.29) is 5.92 Å². The predicted molar refractivity (Wildman–Crippen MR) is 71.0 cm³/mol. The Bertz CT molecular complexity index is 538. The molecule has 2 N–H and O–H groups in total. The van der Waals surface area contributed by atoms with Crippen molar-refractivity contribution in [2.75, 3.05) is 0 Å². The quantitative estimate of drug-likeness (QED) is 0.500. The van der Waals surface area contributed by atoms with Crippen LogP contribution in [0.4, 0.5) is 0 Å². The first-order chi connectivity index (χ1) is 10.2. The van der Waals surface area contributed by atoms with E-state index in [9.17, 15) is 15.0 Å². The lowest BCUT2D eigenvalue weighted by atomic mass is 9.53. The molecule has 0 amide bonds. The Hall–Kier alpha value is -0.730. The van der Waals surface area contributed by atoms with Crippen LogP contribution < -0.4 is 0 Å². The van der Waals surface area contributed by atoms with Crippen LogP contribution in [0.15, 0.2) is 0 Å². The summed E-state index contributed by atoms with van der Waals surface area (Å²) in [6.45, 7) is 5.18. The van der Waals surface area contributed by atoms with E-state index in [0.717, 1.165) is 0 Å². The van der Waals surface area contributed by atoms with E-state index in [1.54, 1.807) is 13.8 Å². The van der Waals surface area contributed by atoms with Crippen molar-refractivity contribution in [1.29, 1.82) is 0 Å². The van der Waals surface area contributed by atoms with Crippen molar-refractivity contribution in [3.63, 3.8) is 0 Å². The molecule has 1 aliphatic carbocycles. The molecule has 1 spiro atoms. The highest BCUT2D eigenvalue weighted by molar-refractivity contribution is 5.75. The van der Waals surface area contributed by atoms with Gasteiger partial charge in [-0.05, 0) is 39.0 Å². The van der Waals surface area contributed by atoms with E-state index >= 15 is 0 Å². The molecule has 1 saturated carbocycles. The summed E-state index contributed by atoms with van der Waals surface area (Å²) in [4.78, 5) is 23.3. The zero-order chi connectivity index (χ0) is 16.0. The number of fused-ring (bicyclic) bond motifs is 2. The van der Waals surface area contributed by atoms with E-state index in [1.165, 1.54) is 0 Å². The van der Waals surface area contributed by atoms with Crippen LogP contribution in [0, 0.1) is 11.8 Å². The Balaban J connectivity index is 1.96. The largest absolute Gasteiger partial charge is 0.432 e. The molecule has 0 radical (unpaired) electrons. The summed E-state index contributed by atoms with van der Waals surface area (Å²) < 4.78 is 11.2. The Kier molecular flexibility index (Phi) is 2.71. The van der Waals surface area contributed by atoms with Crippen LogP contribution in [0.1, 0.15) is 46.5 Å². The van der Waals surface area contributed by atoms with Crippen LogP contribution in [-0.2, 0) is 24.0 Å². The molecule has 7 heteroatoms. The van der Waals surface area contributed by atoms with Gasteiger partial charge in [0.2, 0.25) is 17.7 Å². The number of hydrogen-bond acceptors (Lipinski definition) is 7. The summed E-state index contributed by atoms with van der Waals surface area (Å²) in [6.07, 6.45) is 0.434. The maximum absolute atomic E-state index is 12.2. The normalized spacial score (nSPS) is 60.4. The van der Waals surface area contributed by atoms with Crippen LogP contribution in [0.3, 0.4) is 0 Å². The lowest BCUT2D eigenvalue weighted by Crippen LogP contribution is -2.84. The summed E-state index contributed by atoms with van der Waals surface area (Å²) in [6, 6.07) is 0. The van der Waals surface area contributed by atoms with Crippen molar-refractivity contribution < 1.29 is 34.3 Å². The highest BCUT2D eigenvalue weighted by atomic mass is 17.3. The SMILES string of the molecule is CC1C(=O)OC2O[C@@]3(C)CC[C@@]4(O)[C@H](C)CC[C@]1(O)[C@@]24OO3. The number of carbonyl (C=O) groups excluding carboxylic acids is 1. The van der Waals surface area contributed by atoms with Gasteiger partial charge >= 0.3 is 5.97 Å². The van der Waals surface area contributed by atoms with Crippen LogP contribution in [-0.4, -0.2) is 45.1 Å². The van der Waals surface area contributed by atoms with E-state index in [0.29, 0.717) is 25.7 Å². The summed E-state index contributed by atoms with van der Waals surface area (Å²) in [5.74, 6) is -2.64. The molecule has 5 aliphatic rings.